The highest BCUT2D eigenvalue weighted by Crippen LogP contribution is 2.23. The Labute approximate surface area is 93.0 Å². The summed E-state index contributed by atoms with van der Waals surface area (Å²) in [4.78, 5) is 29.6. The molecule has 84 valence electrons. The molecule has 1 aliphatic heterocycles. The molecule has 1 heterocycles. The summed E-state index contributed by atoms with van der Waals surface area (Å²) in [7, 11) is 0. The smallest absolute Gasteiger partial charge is 0.270 e. The molecule has 0 bridgehead atoms. The van der Waals surface area contributed by atoms with Crippen LogP contribution in [0, 0.1) is 0 Å². The van der Waals surface area contributed by atoms with Crippen LogP contribution in [0.5, 0.6) is 0 Å². The summed E-state index contributed by atoms with van der Waals surface area (Å²) in [5, 5.41) is 0. The third-order valence-corrected chi connectivity index (χ3v) is 2.33. The number of para-hydroxylation sites is 1. The van der Waals surface area contributed by atoms with Gasteiger partial charge in [-0.3, -0.25) is 9.63 Å². The quantitative estimate of drug-likeness (QED) is 0.779. The molecule has 1 N–H and O–H groups in total. The van der Waals surface area contributed by atoms with Crippen LogP contribution < -0.4 is 10.4 Å². The van der Waals surface area contributed by atoms with Crippen molar-refractivity contribution in [2.75, 3.05) is 4.90 Å². The topological polar surface area (TPSA) is 58.6 Å². The first-order chi connectivity index (χ1) is 7.52. The monoisotopic (exact) mass is 220 g/mol. The van der Waals surface area contributed by atoms with E-state index in [2.05, 4.69) is 5.48 Å². The van der Waals surface area contributed by atoms with E-state index in [-0.39, 0.29) is 5.91 Å². The summed E-state index contributed by atoms with van der Waals surface area (Å²) in [5.74, 6) is -0.387. The van der Waals surface area contributed by atoms with Gasteiger partial charge in [-0.2, -0.15) is 0 Å². The van der Waals surface area contributed by atoms with Crippen molar-refractivity contribution >= 4 is 17.6 Å². The Kier molecular flexibility index (Phi) is 2.40. The number of carbonyl (C=O) groups excluding carboxylic acids is 2. The largest absolute Gasteiger partial charge is 0.352 e. The van der Waals surface area contributed by atoms with Crippen molar-refractivity contribution in [1.82, 2.24) is 5.48 Å². The lowest BCUT2D eigenvalue weighted by atomic mass is 10.1. The van der Waals surface area contributed by atoms with Gasteiger partial charge in [0.2, 0.25) is 0 Å². The summed E-state index contributed by atoms with van der Waals surface area (Å²) < 4.78 is 0. The number of urea groups is 1. The minimum absolute atomic E-state index is 0.387. The van der Waals surface area contributed by atoms with Gasteiger partial charge in [0.15, 0.2) is 5.60 Å². The van der Waals surface area contributed by atoms with E-state index < -0.39 is 11.6 Å². The minimum atomic E-state index is -1.05. The lowest BCUT2D eigenvalue weighted by Gasteiger charge is -2.35. The van der Waals surface area contributed by atoms with Crippen LogP contribution in [0.25, 0.3) is 0 Å². The summed E-state index contributed by atoms with van der Waals surface area (Å²) in [6, 6.07) is 8.15. The van der Waals surface area contributed by atoms with Crippen molar-refractivity contribution < 1.29 is 14.4 Å². The van der Waals surface area contributed by atoms with Gasteiger partial charge in [0.05, 0.1) is 5.69 Å². The fourth-order valence-corrected chi connectivity index (χ4v) is 1.43. The van der Waals surface area contributed by atoms with Crippen molar-refractivity contribution in [3.05, 3.63) is 30.3 Å². The number of hydrogen-bond acceptors (Lipinski definition) is 3. The Balaban J connectivity index is 2.39. The number of nitrogens with one attached hydrogen (secondary N) is 1. The molecule has 1 aliphatic rings. The van der Waals surface area contributed by atoms with Gasteiger partial charge in [0, 0.05) is 0 Å². The normalized spacial score (nSPS) is 19.5. The van der Waals surface area contributed by atoms with E-state index in [0.717, 1.165) is 4.90 Å². The van der Waals surface area contributed by atoms with E-state index in [0.29, 0.717) is 5.69 Å². The molecule has 3 amide bonds. The van der Waals surface area contributed by atoms with Crippen LogP contribution in [0.4, 0.5) is 10.5 Å². The van der Waals surface area contributed by atoms with E-state index in [1.165, 1.54) is 0 Å². The maximum Gasteiger partial charge on any atom is 0.352 e. The second-order valence-electron chi connectivity index (χ2n) is 4.00. The highest BCUT2D eigenvalue weighted by atomic mass is 16.7. The van der Waals surface area contributed by atoms with Gasteiger partial charge in [-0.05, 0) is 26.0 Å². The lowest BCUT2D eigenvalue weighted by Crippen LogP contribution is -2.61. The average Bonchev–Trinajstić information content (AvgIpc) is 2.27. The predicted octanol–water partition coefficient (Wildman–Crippen LogP) is 1.45. The molecular formula is C11H12N2O3. The van der Waals surface area contributed by atoms with Crippen molar-refractivity contribution in [3.8, 4) is 0 Å². The molecule has 1 saturated heterocycles. The molecule has 0 aromatic heterocycles. The molecular weight excluding hydrogens is 208 g/mol. The van der Waals surface area contributed by atoms with Gasteiger partial charge in [0.1, 0.15) is 0 Å². The molecule has 0 spiro atoms. The lowest BCUT2D eigenvalue weighted by molar-refractivity contribution is -0.150. The summed E-state index contributed by atoms with van der Waals surface area (Å²) >= 11 is 0. The van der Waals surface area contributed by atoms with Crippen LogP contribution in [-0.2, 0) is 9.63 Å². The molecule has 0 unspecified atom stereocenters. The van der Waals surface area contributed by atoms with E-state index >= 15 is 0 Å². The summed E-state index contributed by atoms with van der Waals surface area (Å²) in [5.41, 5.74) is 1.69. The maximum atomic E-state index is 12.0. The molecule has 0 radical (unpaired) electrons. The molecule has 2 rings (SSSR count). The van der Waals surface area contributed by atoms with Crippen molar-refractivity contribution in [1.29, 1.82) is 0 Å². The van der Waals surface area contributed by atoms with Crippen LogP contribution in [0.3, 0.4) is 0 Å². The van der Waals surface area contributed by atoms with Gasteiger partial charge in [0.25, 0.3) is 5.91 Å². The molecule has 1 aromatic carbocycles. The zero-order valence-corrected chi connectivity index (χ0v) is 9.06. The van der Waals surface area contributed by atoms with Gasteiger partial charge in [-0.25, -0.2) is 15.2 Å². The van der Waals surface area contributed by atoms with Gasteiger partial charge >= 0.3 is 6.03 Å². The number of nitrogens with zero attached hydrogens (tertiary/aromatic N) is 1. The Hall–Kier alpha value is -1.88. The van der Waals surface area contributed by atoms with E-state index in [1.807, 2.05) is 6.07 Å². The second kappa shape index (κ2) is 3.61. The number of hydroxylamine groups is 1. The van der Waals surface area contributed by atoms with Gasteiger partial charge in [-0.15, -0.1) is 0 Å². The highest BCUT2D eigenvalue weighted by molar-refractivity contribution is 6.17. The van der Waals surface area contributed by atoms with Crippen molar-refractivity contribution in [3.63, 3.8) is 0 Å². The van der Waals surface area contributed by atoms with Crippen molar-refractivity contribution in [2.45, 2.75) is 19.4 Å². The molecule has 0 atom stereocenters. The summed E-state index contributed by atoms with van der Waals surface area (Å²) in [6.45, 7) is 3.20. The van der Waals surface area contributed by atoms with Crippen molar-refractivity contribution in [2.24, 2.45) is 0 Å². The number of benzene rings is 1. The zero-order valence-electron chi connectivity index (χ0n) is 9.06. The second-order valence-corrected chi connectivity index (χ2v) is 4.00. The van der Waals surface area contributed by atoms with E-state index in [9.17, 15) is 9.59 Å². The molecule has 5 heteroatoms. The number of amides is 3. The Morgan fingerprint density at radius 1 is 1.19 bits per heavy atom. The Morgan fingerprint density at radius 3 is 2.44 bits per heavy atom. The fourth-order valence-electron chi connectivity index (χ4n) is 1.43. The maximum absolute atomic E-state index is 12.0. The summed E-state index contributed by atoms with van der Waals surface area (Å²) in [6.07, 6.45) is 0. The minimum Gasteiger partial charge on any atom is -0.270 e. The molecule has 5 nitrogen and oxygen atoms in total. The van der Waals surface area contributed by atoms with Gasteiger partial charge in [-0.1, -0.05) is 18.2 Å². The third-order valence-electron chi connectivity index (χ3n) is 2.33. The van der Waals surface area contributed by atoms with E-state index in [1.54, 1.807) is 38.1 Å². The van der Waals surface area contributed by atoms with Crippen LogP contribution in [0.15, 0.2) is 30.3 Å². The van der Waals surface area contributed by atoms with Crippen LogP contribution in [0.1, 0.15) is 13.8 Å². The number of hydrogen-bond donors (Lipinski definition) is 1. The zero-order chi connectivity index (χ0) is 11.8. The Morgan fingerprint density at radius 2 is 1.81 bits per heavy atom. The van der Waals surface area contributed by atoms with Crippen LogP contribution in [-0.4, -0.2) is 17.5 Å². The van der Waals surface area contributed by atoms with Crippen LogP contribution >= 0.6 is 0 Å². The number of imide groups is 1. The Bertz CT molecular complexity index is 428. The first-order valence-electron chi connectivity index (χ1n) is 4.90. The fraction of sp³-hybridized carbons (Fsp3) is 0.273. The molecule has 1 aromatic rings. The first-order valence-corrected chi connectivity index (χ1v) is 4.90. The average molecular weight is 220 g/mol. The molecule has 0 saturated carbocycles. The van der Waals surface area contributed by atoms with Gasteiger partial charge < -0.3 is 0 Å². The van der Waals surface area contributed by atoms with Crippen LogP contribution in [0.2, 0.25) is 0 Å². The third kappa shape index (κ3) is 1.65. The molecule has 0 aliphatic carbocycles. The first kappa shape index (κ1) is 10.6. The predicted molar refractivity (Wildman–Crippen MR) is 57.6 cm³/mol. The number of rotatable bonds is 1. The SMILES string of the molecule is CC1(C)ONC(=O)N(c2ccccc2)C1=O. The molecule has 16 heavy (non-hydrogen) atoms. The highest BCUT2D eigenvalue weighted by Gasteiger charge is 2.42. The van der Waals surface area contributed by atoms with E-state index in [4.69, 9.17) is 4.84 Å². The number of anilines is 1. The molecule has 1 fully saturated rings. The standard InChI is InChI=1S/C11H12N2O3/c1-11(2)9(14)13(10(15)12-16-11)8-6-4-3-5-7-8/h3-7H,1-2H3,(H,12,15). The number of carbonyl (C=O) groups is 2.